The highest BCUT2D eigenvalue weighted by Crippen LogP contribution is 2.21. The molecule has 1 amide bonds. The summed E-state index contributed by atoms with van der Waals surface area (Å²) in [6.45, 7) is 4.65. The molecule has 2 atom stereocenters. The van der Waals surface area contributed by atoms with E-state index < -0.39 is 0 Å². The molecule has 2 N–H and O–H groups in total. The molecular formula is C11H18N4O2. The molecule has 1 aliphatic heterocycles. The first-order valence-electron chi connectivity index (χ1n) is 6.04. The normalized spacial score (nSPS) is 24.6. The van der Waals surface area contributed by atoms with Crippen LogP contribution < -0.4 is 5.32 Å². The van der Waals surface area contributed by atoms with Gasteiger partial charge >= 0.3 is 0 Å². The molecule has 0 radical (unpaired) electrons. The number of rotatable bonds is 3. The van der Waals surface area contributed by atoms with Gasteiger partial charge in [-0.05, 0) is 19.8 Å². The molecule has 0 spiro atoms. The molecule has 6 nitrogen and oxygen atoms in total. The maximum Gasteiger partial charge on any atom is 0.248 e. The van der Waals surface area contributed by atoms with Gasteiger partial charge in [0.1, 0.15) is 5.82 Å². The number of carbonyl (C=O) groups is 1. The van der Waals surface area contributed by atoms with Crippen LogP contribution in [0.4, 0.5) is 5.95 Å². The van der Waals surface area contributed by atoms with Crippen molar-refractivity contribution >= 4 is 11.9 Å². The minimum atomic E-state index is -0.104. The van der Waals surface area contributed by atoms with Gasteiger partial charge in [-0.1, -0.05) is 6.92 Å². The number of nitrogens with zero attached hydrogens (tertiary/aromatic N) is 2. The van der Waals surface area contributed by atoms with E-state index >= 15 is 0 Å². The SMILES string of the molecule is CCc1nc(NC(=O)C2CCCOC2C)n[nH]1. The lowest BCUT2D eigenvalue weighted by atomic mass is 9.94. The first-order valence-corrected chi connectivity index (χ1v) is 6.04. The number of hydrogen-bond acceptors (Lipinski definition) is 4. The van der Waals surface area contributed by atoms with Crippen LogP contribution >= 0.6 is 0 Å². The molecule has 0 saturated carbocycles. The largest absolute Gasteiger partial charge is 0.378 e. The van der Waals surface area contributed by atoms with Crippen molar-refractivity contribution in [2.75, 3.05) is 11.9 Å². The number of ether oxygens (including phenoxy) is 1. The maximum atomic E-state index is 12.0. The van der Waals surface area contributed by atoms with Gasteiger partial charge in [0, 0.05) is 13.0 Å². The van der Waals surface area contributed by atoms with E-state index in [0.29, 0.717) is 5.95 Å². The van der Waals surface area contributed by atoms with Crippen molar-refractivity contribution in [3.05, 3.63) is 5.82 Å². The molecule has 0 aliphatic carbocycles. The van der Waals surface area contributed by atoms with Crippen LogP contribution in [0.3, 0.4) is 0 Å². The molecule has 1 fully saturated rings. The average molecular weight is 238 g/mol. The molecular weight excluding hydrogens is 220 g/mol. The number of aromatic nitrogens is 3. The van der Waals surface area contributed by atoms with Gasteiger partial charge in [-0.15, -0.1) is 5.10 Å². The van der Waals surface area contributed by atoms with Crippen LogP contribution in [0.2, 0.25) is 0 Å². The summed E-state index contributed by atoms with van der Waals surface area (Å²) < 4.78 is 5.47. The third kappa shape index (κ3) is 2.82. The lowest BCUT2D eigenvalue weighted by Crippen LogP contribution is -2.36. The third-order valence-corrected chi connectivity index (χ3v) is 3.05. The molecule has 1 aliphatic rings. The van der Waals surface area contributed by atoms with Gasteiger partial charge in [-0.2, -0.15) is 4.98 Å². The molecule has 2 heterocycles. The van der Waals surface area contributed by atoms with Crippen molar-refractivity contribution < 1.29 is 9.53 Å². The van der Waals surface area contributed by atoms with Crippen LogP contribution in [0.5, 0.6) is 0 Å². The zero-order valence-corrected chi connectivity index (χ0v) is 10.2. The molecule has 6 heteroatoms. The lowest BCUT2D eigenvalue weighted by Gasteiger charge is -2.27. The highest BCUT2D eigenvalue weighted by molar-refractivity contribution is 5.91. The van der Waals surface area contributed by atoms with Crippen molar-refractivity contribution in [1.29, 1.82) is 0 Å². The summed E-state index contributed by atoms with van der Waals surface area (Å²) in [7, 11) is 0. The van der Waals surface area contributed by atoms with Crippen LogP contribution in [-0.4, -0.2) is 33.8 Å². The lowest BCUT2D eigenvalue weighted by molar-refractivity contribution is -0.127. The maximum absolute atomic E-state index is 12.0. The number of nitrogens with one attached hydrogen (secondary N) is 2. The van der Waals surface area contributed by atoms with Crippen LogP contribution in [0.25, 0.3) is 0 Å². The van der Waals surface area contributed by atoms with E-state index in [1.54, 1.807) is 0 Å². The van der Waals surface area contributed by atoms with E-state index in [1.807, 2.05) is 13.8 Å². The predicted octanol–water partition coefficient (Wildman–Crippen LogP) is 1.12. The van der Waals surface area contributed by atoms with E-state index in [9.17, 15) is 4.79 Å². The number of anilines is 1. The minimum Gasteiger partial charge on any atom is -0.378 e. The van der Waals surface area contributed by atoms with E-state index in [0.717, 1.165) is 31.7 Å². The smallest absolute Gasteiger partial charge is 0.248 e. The zero-order chi connectivity index (χ0) is 12.3. The van der Waals surface area contributed by atoms with E-state index in [1.165, 1.54) is 0 Å². The Morgan fingerprint density at radius 1 is 1.65 bits per heavy atom. The number of aryl methyl sites for hydroxylation is 1. The predicted molar refractivity (Wildman–Crippen MR) is 62.5 cm³/mol. The summed E-state index contributed by atoms with van der Waals surface area (Å²) in [5, 5.41) is 9.43. The Morgan fingerprint density at radius 3 is 3.12 bits per heavy atom. The molecule has 1 aromatic heterocycles. The first-order chi connectivity index (χ1) is 8.20. The number of hydrogen-bond donors (Lipinski definition) is 2. The summed E-state index contributed by atoms with van der Waals surface area (Å²) in [5.74, 6) is 0.962. The number of aromatic amines is 1. The molecule has 0 bridgehead atoms. The topological polar surface area (TPSA) is 79.9 Å². The number of amides is 1. The number of H-pyrrole nitrogens is 1. The Kier molecular flexibility index (Phi) is 3.73. The van der Waals surface area contributed by atoms with Crippen LogP contribution in [0.1, 0.15) is 32.5 Å². The van der Waals surface area contributed by atoms with Crippen LogP contribution in [-0.2, 0) is 16.0 Å². The summed E-state index contributed by atoms with van der Waals surface area (Å²) in [4.78, 5) is 16.1. The van der Waals surface area contributed by atoms with Gasteiger partial charge in [0.05, 0.1) is 12.0 Å². The van der Waals surface area contributed by atoms with Crippen molar-refractivity contribution in [3.63, 3.8) is 0 Å². The second-order valence-electron chi connectivity index (χ2n) is 4.27. The zero-order valence-electron chi connectivity index (χ0n) is 10.2. The molecule has 1 aromatic rings. The highest BCUT2D eigenvalue weighted by atomic mass is 16.5. The quantitative estimate of drug-likeness (QED) is 0.827. The second-order valence-corrected chi connectivity index (χ2v) is 4.27. The summed E-state index contributed by atoms with van der Waals surface area (Å²) >= 11 is 0. The highest BCUT2D eigenvalue weighted by Gasteiger charge is 2.29. The Hall–Kier alpha value is -1.43. The standard InChI is InChI=1S/C11H18N4O2/c1-3-9-12-11(15-14-9)13-10(16)8-5-4-6-17-7(8)2/h7-8H,3-6H2,1-2H3,(H2,12,13,14,15,16). The van der Waals surface area contributed by atoms with Gasteiger partial charge < -0.3 is 4.74 Å². The van der Waals surface area contributed by atoms with Crippen molar-refractivity contribution in [2.24, 2.45) is 5.92 Å². The van der Waals surface area contributed by atoms with Crippen LogP contribution in [0.15, 0.2) is 0 Å². The monoisotopic (exact) mass is 238 g/mol. The van der Waals surface area contributed by atoms with E-state index in [2.05, 4.69) is 20.5 Å². The van der Waals surface area contributed by atoms with Crippen molar-refractivity contribution in [1.82, 2.24) is 15.2 Å². The molecule has 2 rings (SSSR count). The molecule has 17 heavy (non-hydrogen) atoms. The summed E-state index contributed by atoms with van der Waals surface area (Å²) in [5.41, 5.74) is 0. The Bertz CT molecular complexity index is 391. The fourth-order valence-corrected chi connectivity index (χ4v) is 1.98. The number of carbonyl (C=O) groups excluding carboxylic acids is 1. The Labute approximate surface area is 100 Å². The van der Waals surface area contributed by atoms with Gasteiger partial charge in [-0.3, -0.25) is 15.2 Å². The Morgan fingerprint density at radius 2 is 2.47 bits per heavy atom. The average Bonchev–Trinajstić information content (AvgIpc) is 2.77. The van der Waals surface area contributed by atoms with Crippen molar-refractivity contribution in [2.45, 2.75) is 39.2 Å². The molecule has 94 valence electrons. The Balaban J connectivity index is 1.95. The minimum absolute atomic E-state index is 0.0339. The first kappa shape index (κ1) is 12.0. The van der Waals surface area contributed by atoms with Crippen molar-refractivity contribution in [3.8, 4) is 0 Å². The van der Waals surface area contributed by atoms with Crippen LogP contribution in [0, 0.1) is 5.92 Å². The van der Waals surface area contributed by atoms with Gasteiger partial charge in [0.15, 0.2) is 0 Å². The fourth-order valence-electron chi connectivity index (χ4n) is 1.98. The molecule has 1 saturated heterocycles. The molecule has 2 unspecified atom stereocenters. The van der Waals surface area contributed by atoms with E-state index in [-0.39, 0.29) is 17.9 Å². The second kappa shape index (κ2) is 5.27. The van der Waals surface area contributed by atoms with Gasteiger partial charge in [0.2, 0.25) is 11.9 Å². The van der Waals surface area contributed by atoms with Gasteiger partial charge in [-0.25, -0.2) is 0 Å². The fraction of sp³-hybridized carbons (Fsp3) is 0.727. The molecule has 0 aromatic carbocycles. The summed E-state index contributed by atoms with van der Waals surface area (Å²) in [6, 6.07) is 0. The summed E-state index contributed by atoms with van der Waals surface area (Å²) in [6.07, 6.45) is 2.52. The van der Waals surface area contributed by atoms with E-state index in [4.69, 9.17) is 4.74 Å². The van der Waals surface area contributed by atoms with Gasteiger partial charge in [0.25, 0.3) is 0 Å². The third-order valence-electron chi connectivity index (χ3n) is 3.05.